The summed E-state index contributed by atoms with van der Waals surface area (Å²) in [6.07, 6.45) is 0. The van der Waals surface area contributed by atoms with Crippen LogP contribution in [0.15, 0.2) is 199 Å². The average molecular weight is 809 g/mol. The number of benzene rings is 8. The standard InChI is InChI=1S/C54H32N8O/c1-4-16-33(17-5-1)49-55-50(34-18-6-2-7-19-34)59-54(58-49)62-45-29-28-36(30-40(45)41-31-42-39-24-12-15-27-47(39)63-48(42)32-46(41)62)52-56-51(35-20-8-3-9-21-35)57-53(60-52)61-43-25-13-10-22-37(43)38-23-11-14-26-44(38)61/h1-32H. The van der Waals surface area contributed by atoms with Crippen molar-refractivity contribution in [2.45, 2.75) is 0 Å². The normalized spacial score (nSPS) is 11.8. The van der Waals surface area contributed by atoms with Crippen molar-refractivity contribution in [3.05, 3.63) is 194 Å². The van der Waals surface area contributed by atoms with E-state index in [1.165, 1.54) is 0 Å². The molecule has 0 saturated heterocycles. The molecule has 9 nitrogen and oxygen atoms in total. The Morgan fingerprint density at radius 3 is 1.25 bits per heavy atom. The fraction of sp³-hybridized carbons (Fsp3) is 0. The predicted molar refractivity (Wildman–Crippen MR) is 251 cm³/mol. The van der Waals surface area contributed by atoms with E-state index in [0.717, 1.165) is 87.8 Å². The monoisotopic (exact) mass is 808 g/mol. The topological polar surface area (TPSA) is 100 Å². The number of para-hydroxylation sites is 3. The minimum absolute atomic E-state index is 0.492. The molecule has 0 N–H and O–H groups in total. The lowest BCUT2D eigenvalue weighted by atomic mass is 10.1. The van der Waals surface area contributed by atoms with Crippen molar-refractivity contribution in [3.8, 4) is 57.4 Å². The summed E-state index contributed by atoms with van der Waals surface area (Å²) in [4.78, 5) is 31.0. The first kappa shape index (κ1) is 35.0. The summed E-state index contributed by atoms with van der Waals surface area (Å²) in [5.74, 6) is 3.32. The highest BCUT2D eigenvalue weighted by molar-refractivity contribution is 6.18. The zero-order valence-corrected chi connectivity index (χ0v) is 33.5. The van der Waals surface area contributed by atoms with E-state index in [-0.39, 0.29) is 0 Å². The Morgan fingerprint density at radius 2 is 0.698 bits per heavy atom. The van der Waals surface area contributed by atoms with E-state index in [1.807, 2.05) is 109 Å². The van der Waals surface area contributed by atoms with E-state index in [1.54, 1.807) is 0 Å². The molecule has 294 valence electrons. The van der Waals surface area contributed by atoms with E-state index in [4.69, 9.17) is 34.3 Å². The van der Waals surface area contributed by atoms with Gasteiger partial charge in [0.05, 0.1) is 22.1 Å². The van der Waals surface area contributed by atoms with E-state index in [2.05, 4.69) is 94.1 Å². The second-order valence-corrected chi connectivity index (χ2v) is 15.6. The van der Waals surface area contributed by atoms with Gasteiger partial charge in [-0.05, 0) is 42.5 Å². The highest BCUT2D eigenvalue weighted by Crippen LogP contribution is 2.40. The van der Waals surface area contributed by atoms with E-state index in [9.17, 15) is 0 Å². The molecule has 0 saturated carbocycles. The number of aromatic nitrogens is 8. The molecule has 5 aromatic heterocycles. The van der Waals surface area contributed by atoms with Gasteiger partial charge in [-0.2, -0.15) is 19.9 Å². The van der Waals surface area contributed by atoms with E-state index in [0.29, 0.717) is 35.2 Å². The number of furan rings is 1. The van der Waals surface area contributed by atoms with Crippen molar-refractivity contribution >= 4 is 65.6 Å². The van der Waals surface area contributed by atoms with Crippen molar-refractivity contribution in [3.63, 3.8) is 0 Å². The minimum atomic E-state index is 0.492. The van der Waals surface area contributed by atoms with Gasteiger partial charge in [0, 0.05) is 60.6 Å². The molecule has 13 aromatic rings. The first-order valence-corrected chi connectivity index (χ1v) is 20.8. The van der Waals surface area contributed by atoms with Crippen LogP contribution in [0.5, 0.6) is 0 Å². The third-order valence-electron chi connectivity index (χ3n) is 11.8. The van der Waals surface area contributed by atoms with Crippen molar-refractivity contribution < 1.29 is 4.42 Å². The summed E-state index contributed by atoms with van der Waals surface area (Å²) in [6.45, 7) is 0. The number of nitrogens with zero attached hydrogens (tertiary/aromatic N) is 8. The van der Waals surface area contributed by atoms with Gasteiger partial charge in [0.2, 0.25) is 11.9 Å². The highest BCUT2D eigenvalue weighted by atomic mass is 16.3. The molecule has 0 amide bonds. The van der Waals surface area contributed by atoms with Gasteiger partial charge in [-0.25, -0.2) is 9.97 Å². The lowest BCUT2D eigenvalue weighted by Gasteiger charge is -2.12. The minimum Gasteiger partial charge on any atom is -0.456 e. The fourth-order valence-electron chi connectivity index (χ4n) is 8.94. The summed E-state index contributed by atoms with van der Waals surface area (Å²) in [5.41, 5.74) is 8.96. The van der Waals surface area contributed by atoms with Crippen molar-refractivity contribution in [2.75, 3.05) is 0 Å². The lowest BCUT2D eigenvalue weighted by molar-refractivity contribution is 0.669. The molecule has 13 rings (SSSR count). The third-order valence-corrected chi connectivity index (χ3v) is 11.8. The van der Waals surface area contributed by atoms with Crippen molar-refractivity contribution in [1.82, 2.24) is 39.0 Å². The Kier molecular flexibility index (Phi) is 7.70. The van der Waals surface area contributed by atoms with E-state index >= 15 is 0 Å². The van der Waals surface area contributed by atoms with E-state index < -0.39 is 0 Å². The average Bonchev–Trinajstić information content (AvgIpc) is 4.00. The number of rotatable bonds is 6. The first-order chi connectivity index (χ1) is 31.2. The third kappa shape index (κ3) is 5.64. The lowest BCUT2D eigenvalue weighted by Crippen LogP contribution is -2.07. The van der Waals surface area contributed by atoms with Gasteiger partial charge >= 0.3 is 0 Å². The molecule has 0 fully saturated rings. The van der Waals surface area contributed by atoms with Gasteiger partial charge in [0.25, 0.3) is 0 Å². The predicted octanol–water partition coefficient (Wildman–Crippen LogP) is 12.8. The number of hydrogen-bond donors (Lipinski definition) is 0. The molecule has 0 aliphatic rings. The van der Waals surface area contributed by atoms with Gasteiger partial charge in [0.15, 0.2) is 23.3 Å². The Morgan fingerprint density at radius 1 is 0.270 bits per heavy atom. The largest absolute Gasteiger partial charge is 0.456 e. The van der Waals surface area contributed by atoms with Crippen LogP contribution in [0.3, 0.4) is 0 Å². The molecule has 0 spiro atoms. The van der Waals surface area contributed by atoms with Gasteiger partial charge in [-0.3, -0.25) is 9.13 Å². The van der Waals surface area contributed by atoms with Crippen LogP contribution in [0.4, 0.5) is 0 Å². The Hall–Kier alpha value is -8.82. The van der Waals surface area contributed by atoms with Crippen molar-refractivity contribution in [1.29, 1.82) is 0 Å². The van der Waals surface area contributed by atoms with Crippen LogP contribution in [-0.2, 0) is 0 Å². The molecular weight excluding hydrogens is 777 g/mol. The first-order valence-electron chi connectivity index (χ1n) is 20.8. The molecule has 5 heterocycles. The number of hydrogen-bond acceptors (Lipinski definition) is 7. The molecule has 0 unspecified atom stereocenters. The van der Waals surface area contributed by atoms with Crippen molar-refractivity contribution in [2.24, 2.45) is 0 Å². The summed E-state index contributed by atoms with van der Waals surface area (Å²) in [5, 5.41) is 6.32. The molecule has 0 aliphatic heterocycles. The Balaban J connectivity index is 1.09. The van der Waals surface area contributed by atoms with Crippen LogP contribution in [0.1, 0.15) is 0 Å². The molecule has 0 atom stereocenters. The number of fused-ring (bicyclic) bond motifs is 9. The second-order valence-electron chi connectivity index (χ2n) is 15.6. The molecule has 8 aromatic carbocycles. The zero-order chi connectivity index (χ0) is 41.4. The summed E-state index contributed by atoms with van der Waals surface area (Å²) >= 11 is 0. The fourth-order valence-corrected chi connectivity index (χ4v) is 8.94. The maximum absolute atomic E-state index is 6.50. The Bertz CT molecular complexity index is 3800. The van der Waals surface area contributed by atoms with Gasteiger partial charge in [-0.1, -0.05) is 146 Å². The quantitative estimate of drug-likeness (QED) is 0.165. The summed E-state index contributed by atoms with van der Waals surface area (Å²) in [7, 11) is 0. The highest BCUT2D eigenvalue weighted by Gasteiger charge is 2.23. The zero-order valence-electron chi connectivity index (χ0n) is 33.5. The smallest absolute Gasteiger partial charge is 0.238 e. The second kappa shape index (κ2) is 13.9. The molecule has 0 bridgehead atoms. The van der Waals surface area contributed by atoms with Crippen LogP contribution in [-0.4, -0.2) is 39.0 Å². The van der Waals surface area contributed by atoms with Gasteiger partial charge in [0.1, 0.15) is 11.2 Å². The molecule has 9 heteroatoms. The Labute approximate surface area is 359 Å². The maximum Gasteiger partial charge on any atom is 0.238 e. The van der Waals surface area contributed by atoms with Crippen LogP contribution < -0.4 is 0 Å². The van der Waals surface area contributed by atoms with Gasteiger partial charge < -0.3 is 4.42 Å². The molecule has 63 heavy (non-hydrogen) atoms. The van der Waals surface area contributed by atoms with Crippen LogP contribution >= 0.6 is 0 Å². The SMILES string of the molecule is c1ccc(-c2nc(-c3ccc4c(c3)c3cc5c(cc3n4-c3nc(-c4ccccc4)nc(-c4ccccc4)n3)oc3ccccc35)nc(-n3c4ccccc4c4ccccc43)n2)cc1. The maximum atomic E-state index is 6.50. The van der Waals surface area contributed by atoms with Crippen LogP contribution in [0.2, 0.25) is 0 Å². The molecule has 0 aliphatic carbocycles. The summed E-state index contributed by atoms with van der Waals surface area (Å²) in [6, 6.07) is 65.8. The van der Waals surface area contributed by atoms with Crippen LogP contribution in [0, 0.1) is 0 Å². The van der Waals surface area contributed by atoms with Crippen LogP contribution in [0.25, 0.3) is 123 Å². The molecule has 0 radical (unpaired) electrons. The summed E-state index contributed by atoms with van der Waals surface area (Å²) < 4.78 is 10.8. The molecular formula is C54H32N8O. The van der Waals surface area contributed by atoms with Gasteiger partial charge in [-0.15, -0.1) is 0 Å².